The van der Waals surface area contributed by atoms with Crippen LogP contribution in [0.2, 0.25) is 5.02 Å². The Bertz CT molecular complexity index is 2020. The number of carbonyl (C=O) groups is 4. The van der Waals surface area contributed by atoms with Gasteiger partial charge >= 0.3 is 30.0 Å². The minimum Gasteiger partial charge on any atom is -0.467 e. The fourth-order valence-electron chi connectivity index (χ4n) is 4.89. The molecule has 5 N–H and O–H groups in total. The van der Waals surface area contributed by atoms with Crippen LogP contribution in [0.5, 0.6) is 6.01 Å². The lowest BCUT2D eigenvalue weighted by atomic mass is 10.1. The molecule has 1 atom stereocenters. The lowest BCUT2D eigenvalue weighted by molar-refractivity contribution is -0.154. The van der Waals surface area contributed by atoms with Gasteiger partial charge in [-0.25, -0.2) is 13.6 Å². The zero-order chi connectivity index (χ0) is 39.0. The Morgan fingerprint density at radius 1 is 0.889 bits per heavy atom. The Balaban J connectivity index is 1.22. The van der Waals surface area contributed by atoms with Crippen LogP contribution in [0, 0.1) is 11.6 Å². The molecule has 14 nitrogen and oxygen atoms in total. The molecule has 0 radical (unpaired) electrons. The second-order valence-corrected chi connectivity index (χ2v) is 12.2. The van der Waals surface area contributed by atoms with E-state index in [2.05, 4.69) is 46.3 Å². The van der Waals surface area contributed by atoms with E-state index in [4.69, 9.17) is 16.3 Å². The van der Waals surface area contributed by atoms with Gasteiger partial charge in [-0.3, -0.25) is 14.4 Å². The highest BCUT2D eigenvalue weighted by atomic mass is 35.5. The maximum atomic E-state index is 13.8. The molecule has 1 heterocycles. The molecule has 0 spiro atoms. The summed E-state index contributed by atoms with van der Waals surface area (Å²) < 4.78 is 75.5. The minimum absolute atomic E-state index is 0.0292. The van der Waals surface area contributed by atoms with Crippen LogP contribution in [-0.4, -0.2) is 71.1 Å². The van der Waals surface area contributed by atoms with Gasteiger partial charge in [0.15, 0.2) is 6.61 Å². The second-order valence-electron chi connectivity index (χ2n) is 11.8. The number of alkyl halides is 3. The lowest BCUT2D eigenvalue weighted by Crippen LogP contribution is -2.51. The van der Waals surface area contributed by atoms with E-state index in [1.807, 2.05) is 12.1 Å². The summed E-state index contributed by atoms with van der Waals surface area (Å²) in [6.45, 7) is -2.73. The molecule has 54 heavy (non-hydrogen) atoms. The van der Waals surface area contributed by atoms with Crippen LogP contribution >= 0.6 is 11.6 Å². The first-order valence-electron chi connectivity index (χ1n) is 15.9. The van der Waals surface area contributed by atoms with Crippen LogP contribution in [-0.2, 0) is 31.2 Å². The number of benzene rings is 3. The fraction of sp³-hybridized carbons (Fsp3) is 0.265. The van der Waals surface area contributed by atoms with Gasteiger partial charge in [-0.15, -0.1) is 0 Å². The highest BCUT2D eigenvalue weighted by molar-refractivity contribution is 6.35. The number of ether oxygens (including phenoxy) is 2. The van der Waals surface area contributed by atoms with Crippen molar-refractivity contribution in [3.05, 3.63) is 100 Å². The van der Waals surface area contributed by atoms with E-state index in [-0.39, 0.29) is 23.0 Å². The normalized spacial score (nSPS) is 13.5. The molecule has 0 aliphatic heterocycles. The van der Waals surface area contributed by atoms with E-state index < -0.39 is 78.8 Å². The van der Waals surface area contributed by atoms with Crippen LogP contribution in [0.1, 0.15) is 34.3 Å². The number of hydrogen-bond donors (Lipinski definition) is 5. The van der Waals surface area contributed by atoms with Crippen molar-refractivity contribution < 1.29 is 50.6 Å². The van der Waals surface area contributed by atoms with Gasteiger partial charge in [-0.05, 0) is 73.0 Å². The van der Waals surface area contributed by atoms with Crippen molar-refractivity contribution in [2.75, 3.05) is 30.9 Å². The number of hydrogen-bond acceptors (Lipinski definition) is 11. The summed E-state index contributed by atoms with van der Waals surface area (Å²) in [6, 6.07) is 13.1. The Hall–Kier alpha value is -6.11. The summed E-state index contributed by atoms with van der Waals surface area (Å²) in [5.74, 6) is -5.99. The van der Waals surface area contributed by atoms with Crippen molar-refractivity contribution in [2.24, 2.45) is 0 Å². The largest absolute Gasteiger partial charge is 0.467 e. The number of nitrogens with zero attached hydrogens (tertiary/aromatic N) is 3. The molecule has 1 aliphatic rings. The number of nitrogens with one attached hydrogen (secondary N) is 5. The molecule has 0 bridgehead atoms. The van der Waals surface area contributed by atoms with E-state index >= 15 is 0 Å². The monoisotopic (exact) mass is 776 g/mol. The van der Waals surface area contributed by atoms with Gasteiger partial charge in [0, 0.05) is 34.9 Å². The Labute approximate surface area is 308 Å². The molecule has 1 fully saturated rings. The van der Waals surface area contributed by atoms with Crippen molar-refractivity contribution in [2.45, 2.75) is 37.1 Å². The van der Waals surface area contributed by atoms with Gasteiger partial charge in [-0.2, -0.15) is 28.1 Å². The highest BCUT2D eigenvalue weighted by Gasteiger charge is 2.45. The molecular weight excluding hydrogens is 747 g/mol. The predicted molar refractivity (Wildman–Crippen MR) is 182 cm³/mol. The quantitative estimate of drug-likeness (QED) is 0.0699. The summed E-state index contributed by atoms with van der Waals surface area (Å²) >= 11 is 6.01. The highest BCUT2D eigenvalue weighted by Crippen LogP contribution is 2.48. The molecule has 284 valence electrons. The minimum atomic E-state index is -4.66. The van der Waals surface area contributed by atoms with Crippen LogP contribution in [0.3, 0.4) is 0 Å². The van der Waals surface area contributed by atoms with Gasteiger partial charge in [0.05, 0.1) is 12.6 Å². The van der Waals surface area contributed by atoms with Crippen LogP contribution in [0.15, 0.2) is 66.7 Å². The average molecular weight is 777 g/mol. The summed E-state index contributed by atoms with van der Waals surface area (Å²) in [5, 5.41) is 13.2. The van der Waals surface area contributed by atoms with Crippen molar-refractivity contribution in [1.82, 2.24) is 30.9 Å². The molecule has 20 heteroatoms. The van der Waals surface area contributed by atoms with Gasteiger partial charge in [-0.1, -0.05) is 23.7 Å². The number of anilines is 3. The second kappa shape index (κ2) is 16.7. The number of halogens is 6. The van der Waals surface area contributed by atoms with E-state index in [1.54, 1.807) is 12.1 Å². The molecule has 5 rings (SSSR count). The molecule has 3 aromatic carbocycles. The number of aromatic nitrogens is 3. The molecular formula is C34H30ClF5N8O6. The van der Waals surface area contributed by atoms with E-state index in [1.165, 1.54) is 24.3 Å². The summed E-state index contributed by atoms with van der Waals surface area (Å²) in [5.41, 5.74) is 0.406. The topological polar surface area (TPSA) is 186 Å². The third-order valence-electron chi connectivity index (χ3n) is 7.79. The SMILES string of the molecule is COC(=O)[C@H](CNC(=O)C(=O)NCc1cc(F)ccc1F)NC(=O)c1ccc(Nc2nc(NC3(c4ccc(Cl)cc4)CC3)nc(OCC(F)(F)F)n2)cc1. The molecule has 0 unspecified atom stereocenters. The average Bonchev–Trinajstić information content (AvgIpc) is 3.92. The predicted octanol–water partition coefficient (Wildman–Crippen LogP) is 4.29. The number of rotatable bonds is 14. The first kappa shape index (κ1) is 39.1. The van der Waals surface area contributed by atoms with E-state index in [9.17, 15) is 41.1 Å². The summed E-state index contributed by atoms with van der Waals surface area (Å²) in [4.78, 5) is 62.1. The Morgan fingerprint density at radius 3 is 2.20 bits per heavy atom. The number of amides is 3. The Kier molecular flexibility index (Phi) is 12.1. The number of carbonyl (C=O) groups excluding carboxylic acids is 4. The van der Waals surface area contributed by atoms with Crippen molar-refractivity contribution >= 4 is 52.9 Å². The third-order valence-corrected chi connectivity index (χ3v) is 8.04. The number of methoxy groups -OCH3 is 1. The van der Waals surface area contributed by atoms with E-state index in [0.29, 0.717) is 23.6 Å². The van der Waals surface area contributed by atoms with Crippen molar-refractivity contribution in [1.29, 1.82) is 0 Å². The molecule has 3 amide bonds. The zero-order valence-corrected chi connectivity index (χ0v) is 28.8. The molecule has 1 aromatic heterocycles. The Morgan fingerprint density at radius 2 is 1.56 bits per heavy atom. The maximum Gasteiger partial charge on any atom is 0.422 e. The first-order valence-corrected chi connectivity index (χ1v) is 16.3. The fourth-order valence-corrected chi connectivity index (χ4v) is 5.02. The molecule has 1 saturated carbocycles. The maximum absolute atomic E-state index is 13.8. The smallest absolute Gasteiger partial charge is 0.422 e. The van der Waals surface area contributed by atoms with Gasteiger partial charge in [0.2, 0.25) is 11.9 Å². The zero-order valence-electron chi connectivity index (χ0n) is 28.0. The van der Waals surface area contributed by atoms with Crippen LogP contribution in [0.25, 0.3) is 0 Å². The summed E-state index contributed by atoms with van der Waals surface area (Å²) in [6.07, 6.45) is -3.29. The van der Waals surface area contributed by atoms with Crippen LogP contribution < -0.4 is 31.3 Å². The molecule has 4 aromatic rings. The van der Waals surface area contributed by atoms with Gasteiger partial charge in [0.1, 0.15) is 17.7 Å². The molecule has 0 saturated heterocycles. The van der Waals surface area contributed by atoms with Crippen LogP contribution in [0.4, 0.5) is 39.5 Å². The van der Waals surface area contributed by atoms with Gasteiger partial charge in [0.25, 0.3) is 5.91 Å². The van der Waals surface area contributed by atoms with Crippen molar-refractivity contribution in [3.8, 4) is 6.01 Å². The third kappa shape index (κ3) is 10.7. The number of esters is 1. The first-order chi connectivity index (χ1) is 25.6. The standard InChI is InChI=1S/C34H30ClF5N8O6/c1-53-29(52)25(16-42-28(51)27(50)41-15-19-14-22(36)8-11-24(19)37)44-26(49)18-2-9-23(10-3-18)43-30-45-31(47-32(46-30)54-17-34(38,39)40)48-33(12-13-33)20-4-6-21(35)7-5-20/h2-11,14,25H,12-13,15-17H2,1H3,(H,41,50)(H,42,51)(H,44,49)(H2,43,45,46,47,48)/t25-/m0/s1. The lowest BCUT2D eigenvalue weighted by Gasteiger charge is -2.19. The van der Waals surface area contributed by atoms with E-state index in [0.717, 1.165) is 30.9 Å². The summed E-state index contributed by atoms with van der Waals surface area (Å²) in [7, 11) is 1.04. The van der Waals surface area contributed by atoms with Gasteiger partial charge < -0.3 is 36.1 Å². The molecule has 1 aliphatic carbocycles. The van der Waals surface area contributed by atoms with Crippen molar-refractivity contribution in [3.63, 3.8) is 0 Å².